The zero-order valence-corrected chi connectivity index (χ0v) is 13.4. The maximum absolute atomic E-state index is 12.1. The molecule has 0 unspecified atom stereocenters. The molecule has 1 fully saturated rings. The van der Waals surface area contributed by atoms with Crippen LogP contribution in [0.1, 0.15) is 24.0 Å². The molecule has 1 saturated heterocycles. The summed E-state index contributed by atoms with van der Waals surface area (Å²) in [6.45, 7) is 3.42. The lowest BCUT2D eigenvalue weighted by molar-refractivity contribution is 0.111. The van der Waals surface area contributed by atoms with E-state index in [1.807, 2.05) is 0 Å². The molecule has 0 aliphatic carbocycles. The molecule has 0 radical (unpaired) electrons. The van der Waals surface area contributed by atoms with Crippen molar-refractivity contribution in [2.45, 2.75) is 25.9 Å². The van der Waals surface area contributed by atoms with Gasteiger partial charge in [0.15, 0.2) is 0 Å². The molecular formula is C16H16N4O2S. The molecule has 0 bridgehead atoms. The first-order valence-electron chi connectivity index (χ1n) is 7.97. The Bertz CT molecular complexity index is 972. The zero-order valence-electron chi connectivity index (χ0n) is 12.6. The maximum atomic E-state index is 12.1. The highest BCUT2D eigenvalue weighted by molar-refractivity contribution is 7.25. The number of anilines is 1. The molecule has 0 amide bonds. The third-order valence-corrected chi connectivity index (χ3v) is 5.82. The normalized spacial score (nSPS) is 18.0. The molecule has 6 nitrogen and oxygen atoms in total. The molecule has 7 heteroatoms. The van der Waals surface area contributed by atoms with Crippen LogP contribution in [0.3, 0.4) is 0 Å². The Labute approximate surface area is 136 Å². The van der Waals surface area contributed by atoms with Crippen LogP contribution in [-0.4, -0.2) is 34.6 Å². The topological polar surface area (TPSA) is 71.1 Å². The zero-order chi connectivity index (χ0) is 15.4. The fourth-order valence-electron chi connectivity index (χ4n) is 3.68. The molecule has 3 aromatic rings. The third-order valence-electron chi connectivity index (χ3n) is 4.75. The van der Waals surface area contributed by atoms with Crippen LogP contribution in [0.25, 0.3) is 20.4 Å². The van der Waals surface area contributed by atoms with Crippen LogP contribution in [0, 0.1) is 0 Å². The average Bonchev–Trinajstić information content (AvgIpc) is 3.22. The van der Waals surface area contributed by atoms with Gasteiger partial charge in [-0.05, 0) is 24.8 Å². The van der Waals surface area contributed by atoms with Crippen molar-refractivity contribution in [1.82, 2.24) is 15.0 Å². The number of H-pyrrole nitrogens is 1. The van der Waals surface area contributed by atoms with Gasteiger partial charge in [0.2, 0.25) is 0 Å². The minimum Gasteiger partial charge on any atom is -0.376 e. The lowest BCUT2D eigenvalue weighted by Gasteiger charge is -2.25. The van der Waals surface area contributed by atoms with E-state index in [4.69, 9.17) is 9.72 Å². The summed E-state index contributed by atoms with van der Waals surface area (Å²) in [6, 6.07) is 0. The van der Waals surface area contributed by atoms with Crippen LogP contribution in [0.15, 0.2) is 11.1 Å². The molecule has 5 heterocycles. The van der Waals surface area contributed by atoms with Gasteiger partial charge in [-0.15, -0.1) is 11.3 Å². The average molecular weight is 328 g/mol. The van der Waals surface area contributed by atoms with Crippen molar-refractivity contribution in [3.63, 3.8) is 0 Å². The number of hydrogen-bond donors (Lipinski definition) is 1. The summed E-state index contributed by atoms with van der Waals surface area (Å²) in [5, 5.41) is 1.05. The number of aromatic nitrogens is 3. The highest BCUT2D eigenvalue weighted by Crippen LogP contribution is 2.39. The molecule has 23 heavy (non-hydrogen) atoms. The number of aromatic amines is 1. The van der Waals surface area contributed by atoms with E-state index in [0.717, 1.165) is 41.1 Å². The summed E-state index contributed by atoms with van der Waals surface area (Å²) in [7, 11) is 0. The molecule has 2 aliphatic rings. The van der Waals surface area contributed by atoms with Crippen LogP contribution < -0.4 is 10.5 Å². The van der Waals surface area contributed by atoms with Crippen molar-refractivity contribution in [1.29, 1.82) is 0 Å². The molecule has 0 spiro atoms. The third kappa shape index (κ3) is 1.93. The smallest absolute Gasteiger partial charge is 0.268 e. The van der Waals surface area contributed by atoms with Gasteiger partial charge in [0.1, 0.15) is 15.3 Å². The van der Waals surface area contributed by atoms with Gasteiger partial charge in [-0.25, -0.2) is 9.97 Å². The molecule has 3 aromatic heterocycles. The first-order valence-corrected chi connectivity index (χ1v) is 8.79. The minimum absolute atomic E-state index is 0.0819. The Kier molecular flexibility index (Phi) is 2.93. The quantitative estimate of drug-likeness (QED) is 0.741. The van der Waals surface area contributed by atoms with Crippen LogP contribution in [0.5, 0.6) is 0 Å². The number of thiophene rings is 1. The number of nitrogens with one attached hydrogen (secondary N) is 1. The van der Waals surface area contributed by atoms with E-state index in [0.29, 0.717) is 17.9 Å². The largest absolute Gasteiger partial charge is 0.376 e. The Morgan fingerprint density at radius 2 is 2.13 bits per heavy atom. The molecule has 5 rings (SSSR count). The van der Waals surface area contributed by atoms with Gasteiger partial charge in [-0.2, -0.15) is 0 Å². The SMILES string of the molecule is O=c1[nH]cnc2c1sc1nc(N3CCCC3)c3c(c12)CCOC3. The number of pyridine rings is 1. The van der Waals surface area contributed by atoms with Crippen molar-refractivity contribution < 1.29 is 4.74 Å². The van der Waals surface area contributed by atoms with Gasteiger partial charge in [-0.1, -0.05) is 0 Å². The monoisotopic (exact) mass is 328 g/mol. The van der Waals surface area contributed by atoms with Crippen LogP contribution in [0.4, 0.5) is 5.82 Å². The number of hydrogen-bond acceptors (Lipinski definition) is 6. The van der Waals surface area contributed by atoms with Gasteiger partial charge in [-0.3, -0.25) is 4.79 Å². The van der Waals surface area contributed by atoms with Gasteiger partial charge in [0.05, 0.1) is 25.1 Å². The standard InChI is InChI=1S/C16H16N4O2S/c21-15-13-12(17-8-18-15)11-9-3-6-22-7-10(9)14(19-16(11)23-13)20-4-1-2-5-20/h8H,1-7H2,(H,17,18,21). The highest BCUT2D eigenvalue weighted by atomic mass is 32.1. The molecule has 0 saturated carbocycles. The van der Waals surface area contributed by atoms with Crippen molar-refractivity contribution in [3.05, 3.63) is 27.8 Å². The number of nitrogens with zero attached hydrogens (tertiary/aromatic N) is 3. The van der Waals surface area contributed by atoms with E-state index in [1.165, 1.54) is 41.6 Å². The maximum Gasteiger partial charge on any atom is 0.268 e. The first-order chi connectivity index (χ1) is 11.3. The van der Waals surface area contributed by atoms with E-state index in [9.17, 15) is 4.79 Å². The Morgan fingerprint density at radius 3 is 3.00 bits per heavy atom. The van der Waals surface area contributed by atoms with Gasteiger partial charge in [0.25, 0.3) is 5.56 Å². The van der Waals surface area contributed by atoms with E-state index in [1.54, 1.807) is 0 Å². The van der Waals surface area contributed by atoms with E-state index in [-0.39, 0.29) is 5.56 Å². The first kappa shape index (κ1) is 13.4. The summed E-state index contributed by atoms with van der Waals surface area (Å²) in [4.78, 5) is 27.4. The highest BCUT2D eigenvalue weighted by Gasteiger charge is 2.26. The molecule has 1 N–H and O–H groups in total. The predicted octanol–water partition coefficient (Wildman–Crippen LogP) is 2.21. The predicted molar refractivity (Wildman–Crippen MR) is 90.3 cm³/mol. The fourth-order valence-corrected chi connectivity index (χ4v) is 4.73. The Hall–Kier alpha value is -1.99. The van der Waals surface area contributed by atoms with E-state index < -0.39 is 0 Å². The molecule has 2 aliphatic heterocycles. The second-order valence-corrected chi connectivity index (χ2v) is 7.08. The Morgan fingerprint density at radius 1 is 1.26 bits per heavy atom. The summed E-state index contributed by atoms with van der Waals surface area (Å²) in [5.41, 5.74) is 3.16. The van der Waals surface area contributed by atoms with Crippen LogP contribution in [0.2, 0.25) is 0 Å². The minimum atomic E-state index is -0.0819. The van der Waals surface area contributed by atoms with Gasteiger partial charge in [0, 0.05) is 24.0 Å². The fraction of sp³-hybridized carbons (Fsp3) is 0.438. The molecule has 0 aromatic carbocycles. The van der Waals surface area contributed by atoms with Crippen molar-refractivity contribution in [3.8, 4) is 0 Å². The summed E-state index contributed by atoms with van der Waals surface area (Å²) in [5.74, 6) is 1.05. The van der Waals surface area contributed by atoms with Crippen molar-refractivity contribution in [2.24, 2.45) is 0 Å². The summed E-state index contributed by atoms with van der Waals surface area (Å²) in [6.07, 6.45) is 4.76. The van der Waals surface area contributed by atoms with Gasteiger partial charge >= 0.3 is 0 Å². The molecule has 0 atom stereocenters. The second-order valence-electron chi connectivity index (χ2n) is 6.08. The lowest BCUT2D eigenvalue weighted by atomic mass is 10.00. The Balaban J connectivity index is 1.89. The molecular weight excluding hydrogens is 312 g/mol. The van der Waals surface area contributed by atoms with Gasteiger partial charge < -0.3 is 14.6 Å². The van der Waals surface area contributed by atoms with Crippen LogP contribution in [-0.2, 0) is 17.8 Å². The summed E-state index contributed by atoms with van der Waals surface area (Å²) >= 11 is 1.45. The second kappa shape index (κ2) is 5.01. The number of ether oxygens (including phenoxy) is 1. The molecule has 118 valence electrons. The number of fused-ring (bicyclic) bond motifs is 5. The van der Waals surface area contributed by atoms with E-state index in [2.05, 4.69) is 14.9 Å². The van der Waals surface area contributed by atoms with Crippen LogP contribution >= 0.6 is 11.3 Å². The lowest BCUT2D eigenvalue weighted by Crippen LogP contribution is -2.23. The van der Waals surface area contributed by atoms with Crippen molar-refractivity contribution >= 4 is 37.6 Å². The number of rotatable bonds is 1. The van der Waals surface area contributed by atoms with Crippen molar-refractivity contribution in [2.75, 3.05) is 24.6 Å². The van der Waals surface area contributed by atoms with E-state index >= 15 is 0 Å². The summed E-state index contributed by atoms with van der Waals surface area (Å²) < 4.78 is 6.37.